The van der Waals surface area contributed by atoms with Gasteiger partial charge in [-0.05, 0) is 91.7 Å². The molecule has 4 heterocycles. The molecule has 8 atom stereocenters. The Bertz CT molecular complexity index is 2190. The molecule has 2 aromatic carbocycles. The van der Waals surface area contributed by atoms with Crippen LogP contribution in [0.3, 0.4) is 0 Å². The number of H-pyrrole nitrogens is 2. The quantitative estimate of drug-likeness (QED) is 0.106. The fourth-order valence-corrected chi connectivity index (χ4v) is 9.27. The Morgan fingerprint density at radius 3 is 2.05 bits per heavy atom. The number of likely N-dealkylation sites (tertiary alicyclic amines) is 1. The number of benzene rings is 2. The van der Waals surface area contributed by atoms with Crippen molar-refractivity contribution in [3.05, 3.63) is 103 Å². The van der Waals surface area contributed by atoms with E-state index in [1.54, 1.807) is 24.2 Å². The molecule has 57 heavy (non-hydrogen) atoms. The molecule has 2 saturated carbocycles. The van der Waals surface area contributed by atoms with Crippen LogP contribution >= 0.6 is 0 Å². The van der Waals surface area contributed by atoms with E-state index in [1.165, 1.54) is 14.2 Å². The first-order chi connectivity index (χ1) is 27.7. The summed E-state index contributed by atoms with van der Waals surface area (Å²) in [6.45, 7) is 4.31. The van der Waals surface area contributed by atoms with Gasteiger partial charge in [-0.2, -0.15) is 0 Å². The minimum atomic E-state index is -0.886. The molecule has 8 rings (SSSR count). The number of fused-ring (bicyclic) bond motifs is 2. The number of carbonyl (C=O) groups excluding carboxylic acids is 3. The summed E-state index contributed by atoms with van der Waals surface area (Å²) in [6, 6.07) is 19.4. The van der Waals surface area contributed by atoms with Crippen molar-refractivity contribution in [2.75, 3.05) is 20.8 Å². The van der Waals surface area contributed by atoms with Gasteiger partial charge in [-0.1, -0.05) is 54.6 Å². The second-order valence-electron chi connectivity index (χ2n) is 15.7. The Kier molecular flexibility index (Phi) is 10.9. The predicted octanol–water partition coefficient (Wildman–Crippen LogP) is 6.96. The maximum Gasteiger partial charge on any atom is 0.407 e. The highest BCUT2D eigenvalue weighted by molar-refractivity contribution is 5.87. The third-order valence-corrected chi connectivity index (χ3v) is 12.4. The summed E-state index contributed by atoms with van der Waals surface area (Å²) in [5, 5.41) is 5.90. The topological polar surface area (TPSA) is 167 Å². The van der Waals surface area contributed by atoms with Gasteiger partial charge in [0.25, 0.3) is 0 Å². The monoisotopic (exact) mass is 770 g/mol. The standard InChI is InChI=1S/C44H50N8O5/c1-25(33-7-5-19-45-22-33)48-42(53)38-32-18-17-31(21-32)37(38)41-47-24-35(50-41)30-15-11-28(12-16-30)27-9-13-29(14-10-27)34-23-46-40(49-34)36-8-6-20-52(36)43(54)39(26(2)56-3)51-44(55)57-4/h5,7,9-16,19,22-26,31-32,36-39H,6,8,17-18,20-21H2,1-4H3,(H,46,49)(H,47,50)(H,48,53)(H,51,55)/t25?,26?,31?,32?,36-,37-,38-,39-/m0/s1. The Balaban J connectivity index is 0.922. The number of hydrogen-bond acceptors (Lipinski definition) is 8. The van der Waals surface area contributed by atoms with Crippen molar-refractivity contribution in [1.29, 1.82) is 0 Å². The highest BCUT2D eigenvalue weighted by atomic mass is 16.5. The van der Waals surface area contributed by atoms with Crippen LogP contribution in [0.4, 0.5) is 4.79 Å². The highest BCUT2D eigenvalue weighted by Crippen LogP contribution is 2.56. The number of alkyl carbamates (subject to hydrolysis) is 1. The number of rotatable bonds is 12. The van der Waals surface area contributed by atoms with Crippen molar-refractivity contribution in [3.63, 3.8) is 0 Å². The third-order valence-electron chi connectivity index (χ3n) is 12.4. The number of hydrogen-bond donors (Lipinski definition) is 4. The van der Waals surface area contributed by atoms with E-state index in [4.69, 9.17) is 14.5 Å². The van der Waals surface area contributed by atoms with E-state index in [0.717, 1.165) is 77.1 Å². The minimum absolute atomic E-state index is 0.0781. The van der Waals surface area contributed by atoms with Gasteiger partial charge in [-0.3, -0.25) is 14.6 Å². The largest absolute Gasteiger partial charge is 0.453 e. The number of carbonyl (C=O) groups is 3. The van der Waals surface area contributed by atoms with Crippen molar-refractivity contribution in [2.24, 2.45) is 17.8 Å². The van der Waals surface area contributed by atoms with Crippen LogP contribution in [-0.4, -0.2) is 80.6 Å². The smallest absolute Gasteiger partial charge is 0.407 e. The van der Waals surface area contributed by atoms with Gasteiger partial charge in [0.2, 0.25) is 11.8 Å². The van der Waals surface area contributed by atoms with E-state index in [-0.39, 0.29) is 35.7 Å². The van der Waals surface area contributed by atoms with Crippen LogP contribution in [0, 0.1) is 17.8 Å². The molecule has 5 aromatic rings. The molecule has 2 bridgehead atoms. The van der Waals surface area contributed by atoms with Crippen molar-refractivity contribution in [1.82, 2.24) is 40.5 Å². The minimum Gasteiger partial charge on any atom is -0.453 e. The predicted molar refractivity (Wildman–Crippen MR) is 214 cm³/mol. The number of pyridine rings is 1. The molecule has 296 valence electrons. The van der Waals surface area contributed by atoms with Crippen molar-refractivity contribution in [3.8, 4) is 33.6 Å². The third kappa shape index (κ3) is 7.68. The van der Waals surface area contributed by atoms with E-state index in [1.807, 2.05) is 31.5 Å². The Morgan fingerprint density at radius 1 is 0.789 bits per heavy atom. The van der Waals surface area contributed by atoms with Crippen LogP contribution in [0.5, 0.6) is 0 Å². The van der Waals surface area contributed by atoms with Crippen LogP contribution in [0.2, 0.25) is 0 Å². The average Bonchev–Trinajstić information content (AvgIpc) is 4.11. The zero-order valence-electron chi connectivity index (χ0n) is 32.8. The summed E-state index contributed by atoms with van der Waals surface area (Å²) < 4.78 is 10.2. The van der Waals surface area contributed by atoms with Crippen LogP contribution < -0.4 is 10.6 Å². The van der Waals surface area contributed by atoms with Crippen LogP contribution in [0.1, 0.15) is 81.2 Å². The lowest BCUT2D eigenvalue weighted by molar-refractivity contribution is -0.137. The first-order valence-corrected chi connectivity index (χ1v) is 19.9. The van der Waals surface area contributed by atoms with Crippen molar-refractivity contribution in [2.45, 2.75) is 76.1 Å². The molecule has 3 aromatic heterocycles. The SMILES string of the molecule is COC(=O)N[C@H](C(=O)N1CCC[C@H]1c1ncc(-c2ccc(-c3ccc(-c4cnc([C@H]5C6CCC(C6)[C@@H]5C(=O)NC(C)c5cccnc5)[nH]4)cc3)cc2)[nH]1)C(C)OC. The summed E-state index contributed by atoms with van der Waals surface area (Å²) in [5.41, 5.74) is 6.98. The molecule has 3 amide bonds. The fraction of sp³-hybridized carbons (Fsp3) is 0.409. The zero-order chi connectivity index (χ0) is 39.6. The number of amides is 3. The number of aromatic nitrogens is 5. The van der Waals surface area contributed by atoms with Gasteiger partial charge in [0.1, 0.15) is 17.7 Å². The van der Waals surface area contributed by atoms with Crippen LogP contribution in [0.15, 0.2) is 85.5 Å². The van der Waals surface area contributed by atoms with Gasteiger partial charge in [0, 0.05) is 32.0 Å². The first-order valence-electron chi connectivity index (χ1n) is 19.9. The lowest BCUT2D eigenvalue weighted by Crippen LogP contribution is -2.54. The zero-order valence-corrected chi connectivity index (χ0v) is 32.8. The van der Waals surface area contributed by atoms with Gasteiger partial charge >= 0.3 is 6.09 Å². The molecule has 0 spiro atoms. The number of nitrogens with zero attached hydrogens (tertiary/aromatic N) is 4. The number of nitrogens with one attached hydrogen (secondary N) is 4. The highest BCUT2D eigenvalue weighted by Gasteiger charge is 2.52. The average molecular weight is 771 g/mol. The molecule has 3 fully saturated rings. The second-order valence-corrected chi connectivity index (χ2v) is 15.7. The van der Waals surface area contributed by atoms with E-state index in [0.29, 0.717) is 24.2 Å². The number of ether oxygens (including phenoxy) is 2. The Labute approximate surface area is 332 Å². The van der Waals surface area contributed by atoms with E-state index in [9.17, 15) is 14.4 Å². The summed E-state index contributed by atoms with van der Waals surface area (Å²) in [5.74, 6) is 2.30. The maximum absolute atomic E-state index is 13.7. The first kappa shape index (κ1) is 38.1. The van der Waals surface area contributed by atoms with E-state index < -0.39 is 18.2 Å². The van der Waals surface area contributed by atoms with Gasteiger partial charge in [0.05, 0.1) is 55.0 Å². The Morgan fingerprint density at radius 2 is 1.42 bits per heavy atom. The molecule has 13 nitrogen and oxygen atoms in total. The molecule has 1 aliphatic heterocycles. The Hall–Kier alpha value is -5.82. The lowest BCUT2D eigenvalue weighted by Gasteiger charge is -2.30. The fourth-order valence-electron chi connectivity index (χ4n) is 9.27. The maximum atomic E-state index is 13.7. The molecule has 13 heteroatoms. The van der Waals surface area contributed by atoms with Crippen molar-refractivity contribution < 1.29 is 23.9 Å². The summed E-state index contributed by atoms with van der Waals surface area (Å²) in [6.07, 6.45) is 10.9. The molecular weight excluding hydrogens is 721 g/mol. The lowest BCUT2D eigenvalue weighted by atomic mass is 9.78. The van der Waals surface area contributed by atoms with Crippen LogP contribution in [-0.2, 0) is 19.1 Å². The molecule has 0 radical (unpaired) electrons. The number of aromatic amines is 2. The molecule has 4 N–H and O–H groups in total. The molecular formula is C44H50N8O5. The number of imidazole rings is 2. The van der Waals surface area contributed by atoms with Crippen molar-refractivity contribution >= 4 is 17.9 Å². The normalized spacial score (nSPS) is 22.9. The van der Waals surface area contributed by atoms with Gasteiger partial charge in [0.15, 0.2) is 0 Å². The van der Waals surface area contributed by atoms with Crippen LogP contribution in [0.25, 0.3) is 33.6 Å². The molecule has 2 aliphatic carbocycles. The van der Waals surface area contributed by atoms with Gasteiger partial charge < -0.3 is 35.0 Å². The molecule has 4 unspecified atom stereocenters. The second kappa shape index (κ2) is 16.3. The van der Waals surface area contributed by atoms with Gasteiger partial charge in [-0.25, -0.2) is 14.8 Å². The van der Waals surface area contributed by atoms with Gasteiger partial charge in [-0.15, -0.1) is 0 Å². The molecule has 3 aliphatic rings. The van der Waals surface area contributed by atoms with E-state index in [2.05, 4.69) is 79.1 Å². The number of methoxy groups -OCH3 is 2. The summed E-state index contributed by atoms with van der Waals surface area (Å²) in [7, 11) is 2.77. The van der Waals surface area contributed by atoms with E-state index >= 15 is 0 Å². The summed E-state index contributed by atoms with van der Waals surface area (Å²) >= 11 is 0. The summed E-state index contributed by atoms with van der Waals surface area (Å²) in [4.78, 5) is 61.9. The molecule has 1 saturated heterocycles.